The lowest BCUT2D eigenvalue weighted by molar-refractivity contribution is -0.132. The van der Waals surface area contributed by atoms with Crippen molar-refractivity contribution >= 4 is 23.1 Å². The molecule has 36 heavy (non-hydrogen) atoms. The van der Waals surface area contributed by atoms with E-state index in [1.54, 1.807) is 18.2 Å². The SMILES string of the molecule is COc1ccc(F)cc1/C(O)=C1\C(=O)C(=O)N(c2ccc3c(c2)OCO3)C1c1ccc(C(C)C)cc1. The van der Waals surface area contributed by atoms with Gasteiger partial charge in [-0.2, -0.15) is 0 Å². The zero-order valence-electron chi connectivity index (χ0n) is 19.9. The van der Waals surface area contributed by atoms with Crippen LogP contribution in [0, 0.1) is 5.82 Å². The van der Waals surface area contributed by atoms with Crippen LogP contribution in [0.3, 0.4) is 0 Å². The van der Waals surface area contributed by atoms with Gasteiger partial charge in [0.1, 0.15) is 17.3 Å². The van der Waals surface area contributed by atoms with Crippen LogP contribution in [0.4, 0.5) is 10.1 Å². The molecule has 1 amide bonds. The lowest BCUT2D eigenvalue weighted by Gasteiger charge is -2.26. The second kappa shape index (κ2) is 9.03. The van der Waals surface area contributed by atoms with Crippen molar-refractivity contribution < 1.29 is 33.3 Å². The number of amides is 1. The number of ketones is 1. The molecule has 0 radical (unpaired) electrons. The van der Waals surface area contributed by atoms with E-state index in [0.29, 0.717) is 22.7 Å². The van der Waals surface area contributed by atoms with E-state index < -0.39 is 29.3 Å². The fraction of sp³-hybridized carbons (Fsp3) is 0.214. The zero-order chi connectivity index (χ0) is 25.6. The highest BCUT2D eigenvalue weighted by atomic mass is 19.1. The van der Waals surface area contributed by atoms with Gasteiger partial charge >= 0.3 is 0 Å². The standard InChI is InChI=1S/C28H24FNO6/c1-15(2)16-4-6-17(7-5-16)25-24(26(31)20-12-18(29)8-10-21(20)34-3)27(32)28(33)30(25)19-9-11-22-23(13-19)36-14-35-22/h4-13,15,25,31H,14H2,1-3H3/b26-24+. The van der Waals surface area contributed by atoms with Crippen molar-refractivity contribution in [1.29, 1.82) is 0 Å². The number of aliphatic hydroxyl groups excluding tert-OH is 1. The van der Waals surface area contributed by atoms with E-state index >= 15 is 0 Å². The molecular formula is C28H24FNO6. The fourth-order valence-electron chi connectivity index (χ4n) is 4.52. The number of nitrogens with zero attached hydrogens (tertiary/aromatic N) is 1. The number of anilines is 1. The topological polar surface area (TPSA) is 85.3 Å². The molecule has 0 spiro atoms. The first-order valence-corrected chi connectivity index (χ1v) is 11.4. The van der Waals surface area contributed by atoms with Crippen molar-refractivity contribution in [3.05, 3.63) is 88.7 Å². The molecule has 1 unspecified atom stereocenters. The molecule has 1 saturated heterocycles. The summed E-state index contributed by atoms with van der Waals surface area (Å²) in [5.74, 6) is -1.47. The molecule has 0 bridgehead atoms. The van der Waals surface area contributed by atoms with E-state index in [-0.39, 0.29) is 29.6 Å². The molecule has 3 aromatic rings. The molecule has 7 nitrogen and oxygen atoms in total. The van der Waals surface area contributed by atoms with E-state index in [1.165, 1.54) is 24.1 Å². The van der Waals surface area contributed by atoms with Crippen molar-refractivity contribution in [2.45, 2.75) is 25.8 Å². The fourth-order valence-corrected chi connectivity index (χ4v) is 4.52. The average molecular weight is 489 g/mol. The molecule has 184 valence electrons. The summed E-state index contributed by atoms with van der Waals surface area (Å²) in [6.07, 6.45) is 0. The number of fused-ring (bicyclic) bond motifs is 1. The number of hydrogen-bond donors (Lipinski definition) is 1. The van der Waals surface area contributed by atoms with Crippen LogP contribution in [0.15, 0.2) is 66.2 Å². The Kier molecular flexibility index (Phi) is 5.88. The first kappa shape index (κ1) is 23.4. The molecule has 1 atom stereocenters. The maximum Gasteiger partial charge on any atom is 0.300 e. The Hall–Kier alpha value is -4.33. The van der Waals surface area contributed by atoms with Gasteiger partial charge in [0, 0.05) is 11.8 Å². The summed E-state index contributed by atoms with van der Waals surface area (Å²) in [5, 5.41) is 11.3. The number of Topliss-reactive ketones (excluding diaryl/α,β-unsaturated/α-hetero) is 1. The lowest BCUT2D eigenvalue weighted by atomic mass is 9.93. The Morgan fingerprint density at radius 1 is 1.03 bits per heavy atom. The van der Waals surface area contributed by atoms with Crippen molar-refractivity contribution in [2.24, 2.45) is 0 Å². The number of carbonyl (C=O) groups is 2. The van der Waals surface area contributed by atoms with Gasteiger partial charge in [0.05, 0.1) is 24.3 Å². The first-order valence-electron chi connectivity index (χ1n) is 11.4. The van der Waals surface area contributed by atoms with Gasteiger partial charge in [0.2, 0.25) is 6.79 Å². The number of carbonyl (C=O) groups excluding carboxylic acids is 2. The Bertz CT molecular complexity index is 1400. The summed E-state index contributed by atoms with van der Waals surface area (Å²) in [6.45, 7) is 4.17. The van der Waals surface area contributed by atoms with Gasteiger partial charge in [0.25, 0.3) is 11.7 Å². The van der Waals surface area contributed by atoms with Crippen molar-refractivity contribution in [3.8, 4) is 17.2 Å². The highest BCUT2D eigenvalue weighted by molar-refractivity contribution is 6.51. The summed E-state index contributed by atoms with van der Waals surface area (Å²) < 4.78 is 30.3. The predicted molar refractivity (Wildman–Crippen MR) is 131 cm³/mol. The summed E-state index contributed by atoms with van der Waals surface area (Å²) in [5.41, 5.74) is 1.88. The third-order valence-electron chi connectivity index (χ3n) is 6.41. The molecule has 0 aliphatic carbocycles. The first-order chi connectivity index (χ1) is 17.3. The number of rotatable bonds is 5. The predicted octanol–water partition coefficient (Wildman–Crippen LogP) is 5.31. The van der Waals surface area contributed by atoms with Crippen molar-refractivity contribution in [2.75, 3.05) is 18.8 Å². The van der Waals surface area contributed by atoms with Crippen LogP contribution >= 0.6 is 0 Å². The second-order valence-electron chi connectivity index (χ2n) is 8.87. The minimum Gasteiger partial charge on any atom is -0.507 e. The Morgan fingerprint density at radius 3 is 2.44 bits per heavy atom. The highest BCUT2D eigenvalue weighted by Gasteiger charge is 2.47. The van der Waals surface area contributed by atoms with Crippen LogP contribution in [-0.2, 0) is 9.59 Å². The van der Waals surface area contributed by atoms with Gasteiger partial charge in [-0.25, -0.2) is 4.39 Å². The quantitative estimate of drug-likeness (QED) is 0.297. The summed E-state index contributed by atoms with van der Waals surface area (Å²) in [4.78, 5) is 28.1. The molecule has 1 fully saturated rings. The molecule has 3 aromatic carbocycles. The molecular weight excluding hydrogens is 465 g/mol. The van der Waals surface area contributed by atoms with E-state index in [4.69, 9.17) is 14.2 Å². The largest absolute Gasteiger partial charge is 0.507 e. The maximum atomic E-state index is 14.1. The molecule has 5 rings (SSSR count). The average Bonchev–Trinajstić information content (AvgIpc) is 3.45. The molecule has 8 heteroatoms. The minimum atomic E-state index is -0.973. The Balaban J connectivity index is 1.72. The lowest BCUT2D eigenvalue weighted by Crippen LogP contribution is -2.29. The van der Waals surface area contributed by atoms with Crippen molar-refractivity contribution in [3.63, 3.8) is 0 Å². The van der Waals surface area contributed by atoms with Crippen LogP contribution in [0.1, 0.15) is 42.5 Å². The van der Waals surface area contributed by atoms with E-state index in [1.807, 2.05) is 24.3 Å². The number of hydrogen-bond acceptors (Lipinski definition) is 6. The smallest absolute Gasteiger partial charge is 0.300 e. The molecule has 2 aliphatic rings. The minimum absolute atomic E-state index is 0.0232. The number of halogens is 1. The summed E-state index contributed by atoms with van der Waals surface area (Å²) in [7, 11) is 1.37. The molecule has 2 heterocycles. The molecule has 2 aliphatic heterocycles. The molecule has 0 saturated carbocycles. The van der Waals surface area contributed by atoms with E-state index in [0.717, 1.165) is 11.6 Å². The number of benzene rings is 3. The maximum absolute atomic E-state index is 14.1. The van der Waals surface area contributed by atoms with Crippen LogP contribution in [0.25, 0.3) is 5.76 Å². The second-order valence-corrected chi connectivity index (χ2v) is 8.87. The molecule has 1 N–H and O–H groups in total. The number of methoxy groups -OCH3 is 1. The van der Waals surface area contributed by atoms with Crippen LogP contribution in [-0.4, -0.2) is 30.7 Å². The number of ether oxygens (including phenoxy) is 3. The van der Waals surface area contributed by atoms with Crippen LogP contribution < -0.4 is 19.1 Å². The van der Waals surface area contributed by atoms with Crippen molar-refractivity contribution in [1.82, 2.24) is 0 Å². The Morgan fingerprint density at radius 2 is 1.75 bits per heavy atom. The van der Waals surface area contributed by atoms with Gasteiger partial charge in [-0.15, -0.1) is 0 Å². The summed E-state index contributed by atoms with van der Waals surface area (Å²) in [6, 6.07) is 15.0. The Labute approximate surface area is 207 Å². The van der Waals surface area contributed by atoms with Gasteiger partial charge < -0.3 is 19.3 Å². The van der Waals surface area contributed by atoms with Crippen LogP contribution in [0.5, 0.6) is 17.2 Å². The van der Waals surface area contributed by atoms with Gasteiger partial charge in [-0.3, -0.25) is 14.5 Å². The van der Waals surface area contributed by atoms with Gasteiger partial charge in [-0.1, -0.05) is 38.1 Å². The zero-order valence-corrected chi connectivity index (χ0v) is 19.9. The normalized spacial score (nSPS) is 18.2. The van der Waals surface area contributed by atoms with E-state index in [2.05, 4.69) is 13.8 Å². The third kappa shape index (κ3) is 3.84. The van der Waals surface area contributed by atoms with E-state index in [9.17, 15) is 19.1 Å². The van der Waals surface area contributed by atoms with Crippen LogP contribution in [0.2, 0.25) is 0 Å². The van der Waals surface area contributed by atoms with Gasteiger partial charge in [-0.05, 0) is 47.4 Å². The number of aliphatic hydroxyl groups is 1. The highest BCUT2D eigenvalue weighted by Crippen LogP contribution is 2.45. The monoisotopic (exact) mass is 489 g/mol. The molecule has 0 aromatic heterocycles. The summed E-state index contributed by atoms with van der Waals surface area (Å²) >= 11 is 0. The third-order valence-corrected chi connectivity index (χ3v) is 6.41. The van der Waals surface area contributed by atoms with Gasteiger partial charge in [0.15, 0.2) is 11.5 Å².